The summed E-state index contributed by atoms with van der Waals surface area (Å²) in [6, 6.07) is 13.3. The number of rotatable bonds is 4. The van der Waals surface area contributed by atoms with E-state index in [2.05, 4.69) is 43.0 Å². The van der Waals surface area contributed by atoms with E-state index in [1.807, 2.05) is 17.1 Å². The number of nitrogens with zero attached hydrogens (tertiary/aromatic N) is 4. The van der Waals surface area contributed by atoms with Crippen LogP contribution >= 0.6 is 0 Å². The van der Waals surface area contributed by atoms with E-state index in [0.29, 0.717) is 31.6 Å². The van der Waals surface area contributed by atoms with E-state index in [0.717, 1.165) is 17.1 Å². The van der Waals surface area contributed by atoms with E-state index in [9.17, 15) is 19.7 Å². The van der Waals surface area contributed by atoms with Gasteiger partial charge in [-0.15, -0.1) is 0 Å². The quantitative estimate of drug-likeness (QED) is 0.296. The Bertz CT molecular complexity index is 1150. The van der Waals surface area contributed by atoms with Crippen LogP contribution in [0, 0.1) is 28.9 Å². The Morgan fingerprint density at radius 1 is 0.912 bits per heavy atom. The predicted molar refractivity (Wildman–Crippen MR) is 131 cm³/mol. The van der Waals surface area contributed by atoms with Gasteiger partial charge in [0.25, 0.3) is 5.69 Å². The molecule has 0 radical (unpaired) electrons. The number of benzene rings is 2. The summed E-state index contributed by atoms with van der Waals surface area (Å²) in [5.74, 6) is -1.26. The zero-order valence-corrected chi connectivity index (χ0v) is 19.4. The largest absolute Gasteiger partial charge is 0.365 e. The molecule has 8 nitrogen and oxygen atoms in total. The van der Waals surface area contributed by atoms with Crippen molar-refractivity contribution in [1.29, 1.82) is 0 Å². The molecule has 0 N–H and O–H groups in total. The number of fused-ring (bicyclic) bond motifs is 1. The minimum atomic E-state index is -0.421. The lowest BCUT2D eigenvalue weighted by atomic mass is 9.85. The summed E-state index contributed by atoms with van der Waals surface area (Å²) in [7, 11) is 0. The molecule has 2 saturated heterocycles. The molecule has 34 heavy (non-hydrogen) atoms. The van der Waals surface area contributed by atoms with Crippen molar-refractivity contribution in [2.45, 2.75) is 32.7 Å². The third kappa shape index (κ3) is 3.73. The van der Waals surface area contributed by atoms with Gasteiger partial charge in [0.05, 0.1) is 22.4 Å². The van der Waals surface area contributed by atoms with Crippen molar-refractivity contribution >= 4 is 34.6 Å². The molecule has 3 aliphatic rings. The van der Waals surface area contributed by atoms with Crippen LogP contribution in [-0.4, -0.2) is 42.4 Å². The summed E-state index contributed by atoms with van der Waals surface area (Å²) in [5.41, 5.74) is 3.07. The van der Waals surface area contributed by atoms with E-state index in [1.54, 1.807) is 12.1 Å². The summed E-state index contributed by atoms with van der Waals surface area (Å²) < 4.78 is 0. The number of allylic oxidation sites excluding steroid dienone is 2. The number of nitro benzene ring substituents is 1. The molecule has 0 bridgehead atoms. The first-order valence-corrected chi connectivity index (χ1v) is 11.7. The lowest BCUT2D eigenvalue weighted by molar-refractivity contribution is -0.384. The van der Waals surface area contributed by atoms with Gasteiger partial charge in [-0.25, -0.2) is 4.90 Å². The van der Waals surface area contributed by atoms with Crippen molar-refractivity contribution in [2.24, 2.45) is 11.8 Å². The lowest BCUT2D eigenvalue weighted by Crippen LogP contribution is -2.52. The van der Waals surface area contributed by atoms with Crippen molar-refractivity contribution in [3.63, 3.8) is 0 Å². The molecule has 3 atom stereocenters. The number of imide groups is 1. The lowest BCUT2D eigenvalue weighted by Gasteiger charge is -2.42. The van der Waals surface area contributed by atoms with E-state index in [1.165, 1.54) is 11.6 Å². The number of aryl methyl sites for hydroxylation is 1. The molecule has 0 spiro atoms. The van der Waals surface area contributed by atoms with Crippen LogP contribution in [0.15, 0.2) is 54.6 Å². The molecule has 5 rings (SSSR count). The minimum Gasteiger partial charge on any atom is -0.365 e. The van der Waals surface area contributed by atoms with Crippen LogP contribution in [0.1, 0.15) is 25.3 Å². The molecular weight excluding hydrogens is 432 g/mol. The first-order chi connectivity index (χ1) is 16.3. The van der Waals surface area contributed by atoms with Crippen molar-refractivity contribution in [1.82, 2.24) is 0 Å². The maximum Gasteiger partial charge on any atom is 0.294 e. The van der Waals surface area contributed by atoms with Crippen LogP contribution in [0.5, 0.6) is 0 Å². The predicted octanol–water partition coefficient (Wildman–Crippen LogP) is 4.07. The normalized spacial score (nSPS) is 24.5. The zero-order chi connectivity index (χ0) is 24.0. The molecule has 8 heteroatoms. The summed E-state index contributed by atoms with van der Waals surface area (Å²) in [5, 5.41) is 12.0. The molecule has 2 aliphatic heterocycles. The molecule has 2 aromatic carbocycles. The number of carbonyl (C=O) groups excluding carboxylic acids is 2. The van der Waals surface area contributed by atoms with Crippen molar-refractivity contribution in [3.8, 4) is 0 Å². The van der Waals surface area contributed by atoms with Gasteiger partial charge < -0.3 is 9.80 Å². The first kappa shape index (κ1) is 22.1. The molecular formula is C26H28N4O4. The fourth-order valence-electron chi connectivity index (χ4n) is 5.42. The summed E-state index contributed by atoms with van der Waals surface area (Å²) in [6.45, 7) is 6.18. The van der Waals surface area contributed by atoms with Gasteiger partial charge in [-0.2, -0.15) is 0 Å². The number of piperazine rings is 1. The highest BCUT2D eigenvalue weighted by molar-refractivity contribution is 6.22. The Morgan fingerprint density at radius 3 is 2.12 bits per heavy atom. The number of hydrogen-bond donors (Lipinski definition) is 0. The van der Waals surface area contributed by atoms with E-state index in [-0.39, 0.29) is 41.1 Å². The smallest absolute Gasteiger partial charge is 0.294 e. The summed E-state index contributed by atoms with van der Waals surface area (Å²) >= 11 is 0. The maximum absolute atomic E-state index is 12.9. The highest BCUT2D eigenvalue weighted by Crippen LogP contribution is 2.40. The third-order valence-electron chi connectivity index (χ3n) is 7.26. The Kier molecular flexibility index (Phi) is 5.59. The fourth-order valence-corrected chi connectivity index (χ4v) is 5.42. The van der Waals surface area contributed by atoms with Crippen LogP contribution in [0.2, 0.25) is 0 Å². The average molecular weight is 461 g/mol. The second-order valence-corrected chi connectivity index (χ2v) is 9.42. The Morgan fingerprint density at radius 2 is 1.53 bits per heavy atom. The standard InChI is InChI=1S/C26H28N4O4/c1-17-7-9-19(10-8-17)28-14-13-27(16-18(28)2)23-12-11-20(15-24(23)30(33)34)29-25(31)21-5-3-4-6-22(21)26(29)32/h3-4,7-12,15,18,21-22H,5-6,13-14,16H2,1-2H3. The van der Waals surface area contributed by atoms with Gasteiger partial charge in [-0.1, -0.05) is 29.8 Å². The number of nitro groups is 1. The topological polar surface area (TPSA) is 87.0 Å². The number of carbonyl (C=O) groups is 2. The van der Waals surface area contributed by atoms with E-state index < -0.39 is 4.92 Å². The van der Waals surface area contributed by atoms with Crippen LogP contribution in [-0.2, 0) is 9.59 Å². The average Bonchev–Trinajstić information content (AvgIpc) is 3.09. The van der Waals surface area contributed by atoms with Gasteiger partial charge in [0.15, 0.2) is 0 Å². The van der Waals surface area contributed by atoms with Gasteiger partial charge >= 0.3 is 0 Å². The molecule has 1 aliphatic carbocycles. The second-order valence-electron chi connectivity index (χ2n) is 9.42. The summed E-state index contributed by atoms with van der Waals surface area (Å²) in [4.78, 5) is 43.0. The van der Waals surface area contributed by atoms with Gasteiger partial charge in [-0.3, -0.25) is 19.7 Å². The molecule has 176 valence electrons. The van der Waals surface area contributed by atoms with Crippen molar-refractivity contribution in [3.05, 3.63) is 70.3 Å². The number of hydrogen-bond acceptors (Lipinski definition) is 6. The van der Waals surface area contributed by atoms with Crippen molar-refractivity contribution in [2.75, 3.05) is 34.3 Å². The highest BCUT2D eigenvalue weighted by Gasteiger charge is 2.48. The van der Waals surface area contributed by atoms with E-state index in [4.69, 9.17) is 0 Å². The van der Waals surface area contributed by atoms with Gasteiger partial charge in [0, 0.05) is 37.4 Å². The van der Waals surface area contributed by atoms with Crippen LogP contribution in [0.3, 0.4) is 0 Å². The molecule has 0 aromatic heterocycles. The summed E-state index contributed by atoms with van der Waals surface area (Å²) in [6.07, 6.45) is 4.93. The zero-order valence-electron chi connectivity index (χ0n) is 19.4. The third-order valence-corrected chi connectivity index (χ3v) is 7.26. The van der Waals surface area contributed by atoms with Gasteiger partial charge in [0.1, 0.15) is 5.69 Å². The fraction of sp³-hybridized carbons (Fsp3) is 0.385. The van der Waals surface area contributed by atoms with Crippen LogP contribution in [0.4, 0.5) is 22.7 Å². The monoisotopic (exact) mass is 460 g/mol. The Hall–Kier alpha value is -3.68. The maximum atomic E-state index is 12.9. The minimum absolute atomic E-state index is 0.0814. The molecule has 3 unspecified atom stereocenters. The SMILES string of the molecule is Cc1ccc(N2CCN(c3ccc(N4C(=O)C5CC=CCC5C4=O)cc3[N+](=O)[O-])CC2C)cc1. The Balaban J connectivity index is 1.39. The number of amides is 2. The second kappa shape index (κ2) is 8.59. The van der Waals surface area contributed by atoms with Crippen LogP contribution in [0.25, 0.3) is 0 Å². The Labute approximate surface area is 198 Å². The molecule has 2 heterocycles. The van der Waals surface area contributed by atoms with Crippen molar-refractivity contribution < 1.29 is 14.5 Å². The van der Waals surface area contributed by atoms with Gasteiger partial charge in [0.2, 0.25) is 11.8 Å². The molecule has 2 aromatic rings. The molecule has 2 fully saturated rings. The van der Waals surface area contributed by atoms with Crippen LogP contribution < -0.4 is 14.7 Å². The van der Waals surface area contributed by atoms with E-state index >= 15 is 0 Å². The molecule has 0 saturated carbocycles. The first-order valence-electron chi connectivity index (χ1n) is 11.7. The molecule has 2 amide bonds. The highest BCUT2D eigenvalue weighted by atomic mass is 16.6. The number of anilines is 3. The van der Waals surface area contributed by atoms with Gasteiger partial charge in [-0.05, 0) is 51.0 Å².